The third kappa shape index (κ3) is 4.47. The smallest absolute Gasteiger partial charge is 0.312 e. The first-order valence-electron chi connectivity index (χ1n) is 8.91. The number of thiophene rings is 1. The van der Waals surface area contributed by atoms with Gasteiger partial charge in [-0.1, -0.05) is 41.9 Å². The molecule has 2 aromatic carbocycles. The van der Waals surface area contributed by atoms with Crippen LogP contribution in [-0.4, -0.2) is 20.9 Å². The normalized spacial score (nSPS) is 10.8. The van der Waals surface area contributed by atoms with Crippen LogP contribution in [0.15, 0.2) is 70.8 Å². The summed E-state index contributed by atoms with van der Waals surface area (Å²) in [6.45, 7) is 0.527. The van der Waals surface area contributed by atoms with Crippen molar-refractivity contribution in [3.8, 4) is 0 Å². The average Bonchev–Trinajstić information content (AvgIpc) is 3.22. The quantitative estimate of drug-likeness (QED) is 0.479. The second kappa shape index (κ2) is 8.46. The number of halogens is 1. The van der Waals surface area contributed by atoms with Crippen molar-refractivity contribution < 1.29 is 4.79 Å². The fourth-order valence-electron chi connectivity index (χ4n) is 2.94. The Morgan fingerprint density at radius 3 is 2.66 bits per heavy atom. The molecule has 0 fully saturated rings. The molecule has 0 saturated carbocycles. The van der Waals surface area contributed by atoms with E-state index in [2.05, 4.69) is 15.3 Å². The van der Waals surface area contributed by atoms with Gasteiger partial charge in [0.1, 0.15) is 5.82 Å². The van der Waals surface area contributed by atoms with E-state index in [1.165, 1.54) is 0 Å². The van der Waals surface area contributed by atoms with Crippen LogP contribution in [-0.2, 0) is 13.1 Å². The maximum atomic E-state index is 13.0. The summed E-state index contributed by atoms with van der Waals surface area (Å²) in [5.74, 6) is 0.416. The van der Waals surface area contributed by atoms with E-state index in [1.54, 1.807) is 58.7 Å². The highest BCUT2D eigenvalue weighted by molar-refractivity contribution is 7.09. The van der Waals surface area contributed by atoms with Gasteiger partial charge >= 0.3 is 6.03 Å². The topological polar surface area (TPSA) is 78.1 Å². The van der Waals surface area contributed by atoms with E-state index in [9.17, 15) is 9.59 Å². The van der Waals surface area contributed by atoms with Crippen LogP contribution in [0.1, 0.15) is 10.7 Å². The Balaban J connectivity index is 1.63. The Hall–Kier alpha value is -3.16. The number of carbonyl (C=O) groups excluding carboxylic acids is 1. The number of fused-ring (bicyclic) bond motifs is 1. The Morgan fingerprint density at radius 1 is 1.07 bits per heavy atom. The molecule has 2 aromatic heterocycles. The molecule has 2 N–H and O–H groups in total. The highest BCUT2D eigenvalue weighted by atomic mass is 35.5. The Kier molecular flexibility index (Phi) is 5.59. The molecule has 0 aliphatic heterocycles. The number of H-pyrrole nitrogens is 1. The van der Waals surface area contributed by atoms with Crippen molar-refractivity contribution >= 4 is 45.6 Å². The second-order valence-electron chi connectivity index (χ2n) is 6.38. The van der Waals surface area contributed by atoms with Crippen molar-refractivity contribution in [1.82, 2.24) is 14.9 Å². The lowest BCUT2D eigenvalue weighted by molar-refractivity contribution is 0.205. The predicted octanol–water partition coefficient (Wildman–Crippen LogP) is 4.87. The minimum atomic E-state index is -0.331. The molecule has 0 spiro atoms. The molecule has 0 radical (unpaired) electrons. The van der Waals surface area contributed by atoms with Crippen LogP contribution in [0, 0.1) is 0 Å². The molecule has 8 heteroatoms. The van der Waals surface area contributed by atoms with Crippen molar-refractivity contribution in [2.75, 3.05) is 5.32 Å². The zero-order valence-corrected chi connectivity index (χ0v) is 16.8. The molecule has 6 nitrogen and oxygen atoms in total. The van der Waals surface area contributed by atoms with Crippen molar-refractivity contribution in [1.29, 1.82) is 0 Å². The van der Waals surface area contributed by atoms with Gasteiger partial charge in [0.2, 0.25) is 0 Å². The number of rotatable bonds is 5. The average molecular weight is 425 g/mol. The molecule has 0 aliphatic rings. The summed E-state index contributed by atoms with van der Waals surface area (Å²) >= 11 is 7.73. The first kappa shape index (κ1) is 19.2. The Labute approximate surface area is 175 Å². The zero-order chi connectivity index (χ0) is 20.2. The van der Waals surface area contributed by atoms with Crippen molar-refractivity contribution in [3.63, 3.8) is 0 Å². The summed E-state index contributed by atoms with van der Waals surface area (Å²) in [6.07, 6.45) is 0. The highest BCUT2D eigenvalue weighted by Crippen LogP contribution is 2.22. The van der Waals surface area contributed by atoms with E-state index in [-0.39, 0.29) is 18.1 Å². The summed E-state index contributed by atoms with van der Waals surface area (Å²) in [6, 6.07) is 17.7. The van der Waals surface area contributed by atoms with Crippen LogP contribution in [0.2, 0.25) is 5.02 Å². The summed E-state index contributed by atoms with van der Waals surface area (Å²) < 4.78 is 0. The number of aromatic amines is 1. The van der Waals surface area contributed by atoms with E-state index in [1.807, 2.05) is 23.6 Å². The number of para-hydroxylation sites is 2. The van der Waals surface area contributed by atoms with Crippen LogP contribution < -0.4 is 10.9 Å². The molecule has 146 valence electrons. The zero-order valence-electron chi connectivity index (χ0n) is 15.3. The second-order valence-corrected chi connectivity index (χ2v) is 7.81. The third-order valence-electron chi connectivity index (χ3n) is 4.33. The first-order chi connectivity index (χ1) is 14.1. The standard InChI is InChI=1S/C21H17ClN4O2S/c22-16-8-2-4-10-18(16)24-21(28)26(12-14-6-5-11-29-14)13-19-23-17-9-3-1-7-15(17)20(27)25-19/h1-11H,12-13H2,(H,24,28)(H,23,25,27). The molecular weight excluding hydrogens is 408 g/mol. The fourth-order valence-corrected chi connectivity index (χ4v) is 3.84. The van der Waals surface area contributed by atoms with E-state index in [4.69, 9.17) is 11.6 Å². The Morgan fingerprint density at radius 2 is 1.86 bits per heavy atom. The largest absolute Gasteiger partial charge is 0.322 e. The van der Waals surface area contributed by atoms with E-state index >= 15 is 0 Å². The lowest BCUT2D eigenvalue weighted by atomic mass is 10.2. The minimum absolute atomic E-state index is 0.147. The van der Waals surface area contributed by atoms with Crippen LogP contribution in [0.5, 0.6) is 0 Å². The number of nitrogens with zero attached hydrogens (tertiary/aromatic N) is 2. The number of urea groups is 1. The molecule has 4 aromatic rings. The van der Waals surface area contributed by atoms with Gasteiger partial charge in [0, 0.05) is 4.88 Å². The summed E-state index contributed by atoms with van der Waals surface area (Å²) in [5.41, 5.74) is 0.886. The van der Waals surface area contributed by atoms with Crippen molar-refractivity contribution in [3.05, 3.63) is 92.1 Å². The number of aromatic nitrogens is 2. The maximum absolute atomic E-state index is 13.0. The SMILES string of the molecule is O=C(Nc1ccccc1Cl)N(Cc1nc2ccccc2c(=O)[nH]1)Cc1cccs1. The van der Waals surface area contributed by atoms with Gasteiger partial charge in [-0.3, -0.25) is 4.79 Å². The van der Waals surface area contributed by atoms with Crippen LogP contribution in [0.25, 0.3) is 10.9 Å². The van der Waals surface area contributed by atoms with Gasteiger partial charge in [-0.15, -0.1) is 11.3 Å². The molecule has 0 unspecified atom stereocenters. The molecule has 0 atom stereocenters. The van der Waals surface area contributed by atoms with Crippen molar-refractivity contribution in [2.45, 2.75) is 13.1 Å². The third-order valence-corrected chi connectivity index (χ3v) is 5.52. The molecule has 2 amide bonds. The molecular formula is C21H17ClN4O2S. The predicted molar refractivity (Wildman–Crippen MR) is 116 cm³/mol. The summed E-state index contributed by atoms with van der Waals surface area (Å²) in [7, 11) is 0. The van der Waals surface area contributed by atoms with Gasteiger partial charge in [-0.05, 0) is 35.7 Å². The van der Waals surface area contributed by atoms with Crippen molar-refractivity contribution in [2.24, 2.45) is 0 Å². The van der Waals surface area contributed by atoms with Gasteiger partial charge in [-0.2, -0.15) is 0 Å². The van der Waals surface area contributed by atoms with E-state index in [0.29, 0.717) is 34.0 Å². The van der Waals surface area contributed by atoms with Crippen LogP contribution in [0.4, 0.5) is 10.5 Å². The number of benzene rings is 2. The van der Waals surface area contributed by atoms with Crippen LogP contribution in [0.3, 0.4) is 0 Å². The summed E-state index contributed by atoms with van der Waals surface area (Å²) in [5, 5.41) is 5.76. The van der Waals surface area contributed by atoms with Gasteiger partial charge in [0.05, 0.1) is 34.7 Å². The fraction of sp³-hybridized carbons (Fsp3) is 0.0952. The number of hydrogen-bond acceptors (Lipinski definition) is 4. The van der Waals surface area contributed by atoms with Gasteiger partial charge < -0.3 is 15.2 Å². The summed E-state index contributed by atoms with van der Waals surface area (Å²) in [4.78, 5) is 35.3. The van der Waals surface area contributed by atoms with E-state index < -0.39 is 0 Å². The monoisotopic (exact) mass is 424 g/mol. The van der Waals surface area contributed by atoms with Gasteiger partial charge in [-0.25, -0.2) is 9.78 Å². The van der Waals surface area contributed by atoms with E-state index in [0.717, 1.165) is 4.88 Å². The lowest BCUT2D eigenvalue weighted by Crippen LogP contribution is -2.35. The molecule has 2 heterocycles. The maximum Gasteiger partial charge on any atom is 0.322 e. The first-order valence-corrected chi connectivity index (χ1v) is 10.2. The molecule has 0 saturated heterocycles. The number of nitrogens with one attached hydrogen (secondary N) is 2. The number of hydrogen-bond donors (Lipinski definition) is 2. The lowest BCUT2D eigenvalue weighted by Gasteiger charge is -2.22. The Bertz CT molecular complexity index is 1210. The molecule has 29 heavy (non-hydrogen) atoms. The van der Waals surface area contributed by atoms with Crippen LogP contribution >= 0.6 is 22.9 Å². The van der Waals surface area contributed by atoms with Gasteiger partial charge in [0.25, 0.3) is 5.56 Å². The number of carbonyl (C=O) groups is 1. The molecule has 0 aliphatic carbocycles. The molecule has 0 bridgehead atoms. The number of anilines is 1. The molecule has 4 rings (SSSR count). The minimum Gasteiger partial charge on any atom is -0.312 e. The number of amides is 2. The highest BCUT2D eigenvalue weighted by Gasteiger charge is 2.18. The van der Waals surface area contributed by atoms with Gasteiger partial charge in [0.15, 0.2) is 0 Å².